The fourth-order valence-electron chi connectivity index (χ4n) is 1.65. The van der Waals surface area contributed by atoms with Gasteiger partial charge in [0.15, 0.2) is 11.5 Å². The number of hydrogen-bond acceptors (Lipinski definition) is 5. The molecule has 3 N–H and O–H groups in total. The van der Waals surface area contributed by atoms with Crippen LogP contribution >= 0.6 is 0 Å². The fourth-order valence-corrected chi connectivity index (χ4v) is 1.65. The zero-order valence-electron chi connectivity index (χ0n) is 9.00. The maximum atomic E-state index is 5.71. The lowest BCUT2D eigenvalue weighted by Gasteiger charge is -2.06. The van der Waals surface area contributed by atoms with E-state index in [-0.39, 0.29) is 0 Å². The van der Waals surface area contributed by atoms with Crippen LogP contribution in [-0.4, -0.2) is 14.4 Å². The Labute approximate surface area is 97.1 Å². The van der Waals surface area contributed by atoms with E-state index in [0.717, 1.165) is 11.2 Å². The van der Waals surface area contributed by atoms with Gasteiger partial charge in [0.1, 0.15) is 5.82 Å². The first-order chi connectivity index (χ1) is 8.33. The van der Waals surface area contributed by atoms with Gasteiger partial charge >= 0.3 is 0 Å². The van der Waals surface area contributed by atoms with Gasteiger partial charge in [-0.05, 0) is 6.07 Å². The predicted molar refractivity (Wildman–Crippen MR) is 63.4 cm³/mol. The summed E-state index contributed by atoms with van der Waals surface area (Å²) in [6.45, 7) is 0.621. The van der Waals surface area contributed by atoms with Crippen molar-refractivity contribution >= 4 is 17.3 Å². The van der Waals surface area contributed by atoms with E-state index in [1.807, 2.05) is 16.7 Å². The van der Waals surface area contributed by atoms with Crippen LogP contribution in [0, 0.1) is 0 Å². The van der Waals surface area contributed by atoms with Gasteiger partial charge in [0.05, 0.1) is 18.7 Å². The topological polar surface area (TPSA) is 81.4 Å². The van der Waals surface area contributed by atoms with E-state index in [1.54, 1.807) is 24.9 Å². The third-order valence-electron chi connectivity index (χ3n) is 2.43. The van der Waals surface area contributed by atoms with Crippen LogP contribution in [0.25, 0.3) is 5.65 Å². The number of aromatic nitrogens is 3. The lowest BCUT2D eigenvalue weighted by molar-refractivity contribution is 0.564. The number of imidazole rings is 1. The molecule has 3 rings (SSSR count). The molecule has 3 heterocycles. The molecule has 0 radical (unpaired) electrons. The summed E-state index contributed by atoms with van der Waals surface area (Å²) < 4.78 is 6.83. The molecule has 0 spiro atoms. The molecule has 0 fully saturated rings. The van der Waals surface area contributed by atoms with E-state index in [0.29, 0.717) is 18.2 Å². The molecule has 0 saturated carbocycles. The molecule has 86 valence electrons. The molecular formula is C11H11N5O. The summed E-state index contributed by atoms with van der Waals surface area (Å²) in [6.07, 6.45) is 8.58. The predicted octanol–water partition coefficient (Wildman–Crippen LogP) is 1.52. The van der Waals surface area contributed by atoms with Crippen LogP contribution in [0.15, 0.2) is 41.6 Å². The molecule has 17 heavy (non-hydrogen) atoms. The van der Waals surface area contributed by atoms with E-state index in [2.05, 4.69) is 15.3 Å². The third-order valence-corrected chi connectivity index (χ3v) is 2.43. The number of fused-ring (bicyclic) bond motifs is 1. The highest BCUT2D eigenvalue weighted by atomic mass is 16.3. The number of nitrogen functional groups attached to an aromatic ring is 1. The van der Waals surface area contributed by atoms with Crippen LogP contribution in [0.3, 0.4) is 0 Å². The van der Waals surface area contributed by atoms with Gasteiger partial charge in [-0.1, -0.05) is 0 Å². The van der Waals surface area contributed by atoms with Crippen molar-refractivity contribution in [2.75, 3.05) is 11.1 Å². The summed E-state index contributed by atoms with van der Waals surface area (Å²) in [6, 6.07) is 1.89. The van der Waals surface area contributed by atoms with E-state index < -0.39 is 0 Å². The first kappa shape index (κ1) is 9.71. The molecule has 0 amide bonds. The first-order valence-corrected chi connectivity index (χ1v) is 5.17. The van der Waals surface area contributed by atoms with Gasteiger partial charge in [-0.2, -0.15) is 0 Å². The van der Waals surface area contributed by atoms with Crippen molar-refractivity contribution in [1.82, 2.24) is 14.4 Å². The molecule has 0 aliphatic heterocycles. The third kappa shape index (κ3) is 1.80. The second-order valence-electron chi connectivity index (χ2n) is 3.66. The Morgan fingerprint density at radius 1 is 1.47 bits per heavy atom. The Hall–Kier alpha value is -2.50. The first-order valence-electron chi connectivity index (χ1n) is 5.17. The highest BCUT2D eigenvalue weighted by Crippen LogP contribution is 2.15. The van der Waals surface area contributed by atoms with Crippen LogP contribution < -0.4 is 11.1 Å². The van der Waals surface area contributed by atoms with E-state index in [4.69, 9.17) is 10.2 Å². The van der Waals surface area contributed by atoms with Crippen molar-refractivity contribution in [1.29, 1.82) is 0 Å². The van der Waals surface area contributed by atoms with Gasteiger partial charge in [-0.15, -0.1) is 0 Å². The summed E-state index contributed by atoms with van der Waals surface area (Å²) in [5.41, 5.74) is 7.51. The Kier molecular flexibility index (Phi) is 2.18. The normalized spacial score (nSPS) is 10.8. The van der Waals surface area contributed by atoms with Gasteiger partial charge < -0.3 is 19.9 Å². The second-order valence-corrected chi connectivity index (χ2v) is 3.66. The zero-order chi connectivity index (χ0) is 11.7. The molecule has 6 heteroatoms. The van der Waals surface area contributed by atoms with Gasteiger partial charge in [-0.3, -0.25) is 0 Å². The van der Waals surface area contributed by atoms with Gasteiger partial charge in [0, 0.05) is 24.5 Å². The quantitative estimate of drug-likeness (QED) is 0.711. The number of nitrogens with one attached hydrogen (secondary N) is 1. The molecule has 0 saturated heterocycles. The monoisotopic (exact) mass is 229 g/mol. The van der Waals surface area contributed by atoms with Crippen LogP contribution in [-0.2, 0) is 6.54 Å². The Morgan fingerprint density at radius 2 is 2.41 bits per heavy atom. The lowest BCUT2D eigenvalue weighted by Crippen LogP contribution is -2.05. The van der Waals surface area contributed by atoms with E-state index in [1.165, 1.54) is 0 Å². The van der Waals surface area contributed by atoms with Crippen molar-refractivity contribution < 1.29 is 4.42 Å². The largest absolute Gasteiger partial charge is 0.472 e. The minimum Gasteiger partial charge on any atom is -0.472 e. The summed E-state index contributed by atoms with van der Waals surface area (Å²) in [5.74, 6) is 1.11. The molecule has 0 aromatic carbocycles. The molecule has 0 unspecified atom stereocenters. The highest BCUT2D eigenvalue weighted by molar-refractivity contribution is 5.64. The Morgan fingerprint density at radius 3 is 3.24 bits per heavy atom. The smallest absolute Gasteiger partial charge is 0.180 e. The van der Waals surface area contributed by atoms with Crippen molar-refractivity contribution in [3.8, 4) is 0 Å². The number of furan rings is 1. The molecule has 3 aromatic rings. The van der Waals surface area contributed by atoms with Crippen molar-refractivity contribution in [2.45, 2.75) is 6.54 Å². The highest BCUT2D eigenvalue weighted by Gasteiger charge is 2.05. The minimum atomic E-state index is 0.449. The van der Waals surface area contributed by atoms with Gasteiger partial charge in [0.25, 0.3) is 0 Å². The second kappa shape index (κ2) is 3.82. The number of nitrogens with zero attached hydrogens (tertiary/aromatic N) is 3. The van der Waals surface area contributed by atoms with Gasteiger partial charge in [0.2, 0.25) is 0 Å². The number of nitrogens with two attached hydrogens (primary N) is 1. The molecule has 0 bridgehead atoms. The standard InChI is InChI=1S/C11H11N5O/c12-9-6-16-3-2-13-11(16)10(15-9)14-5-8-1-4-17-7-8/h1-4,6-7H,5,12H2,(H,14,15). The van der Waals surface area contributed by atoms with E-state index in [9.17, 15) is 0 Å². The molecular weight excluding hydrogens is 218 g/mol. The molecule has 0 aliphatic rings. The minimum absolute atomic E-state index is 0.449. The fraction of sp³-hybridized carbons (Fsp3) is 0.0909. The number of rotatable bonds is 3. The maximum Gasteiger partial charge on any atom is 0.180 e. The summed E-state index contributed by atoms with van der Waals surface area (Å²) in [4.78, 5) is 8.44. The Balaban J connectivity index is 1.91. The molecule has 0 aliphatic carbocycles. The van der Waals surface area contributed by atoms with E-state index >= 15 is 0 Å². The summed E-state index contributed by atoms with van der Waals surface area (Å²) in [5, 5.41) is 3.18. The summed E-state index contributed by atoms with van der Waals surface area (Å²) >= 11 is 0. The SMILES string of the molecule is Nc1cn2ccnc2c(NCc2ccoc2)n1. The van der Waals surface area contributed by atoms with Crippen LogP contribution in [0.4, 0.5) is 11.6 Å². The Bertz CT molecular complexity index is 628. The van der Waals surface area contributed by atoms with Crippen molar-refractivity contribution in [3.63, 3.8) is 0 Å². The summed E-state index contributed by atoms with van der Waals surface area (Å²) in [7, 11) is 0. The number of anilines is 2. The molecule has 6 nitrogen and oxygen atoms in total. The van der Waals surface area contributed by atoms with Crippen LogP contribution in [0.1, 0.15) is 5.56 Å². The lowest BCUT2D eigenvalue weighted by atomic mass is 10.3. The van der Waals surface area contributed by atoms with Crippen LogP contribution in [0.2, 0.25) is 0 Å². The van der Waals surface area contributed by atoms with Crippen LogP contribution in [0.5, 0.6) is 0 Å². The average Bonchev–Trinajstić information content (AvgIpc) is 2.95. The van der Waals surface area contributed by atoms with Gasteiger partial charge in [-0.25, -0.2) is 9.97 Å². The molecule has 0 atom stereocenters. The number of hydrogen-bond donors (Lipinski definition) is 2. The maximum absolute atomic E-state index is 5.71. The van der Waals surface area contributed by atoms with Crippen molar-refractivity contribution in [3.05, 3.63) is 42.7 Å². The zero-order valence-corrected chi connectivity index (χ0v) is 9.00. The molecule has 3 aromatic heterocycles. The average molecular weight is 229 g/mol. The van der Waals surface area contributed by atoms with Crippen molar-refractivity contribution in [2.24, 2.45) is 0 Å².